The third-order valence-corrected chi connectivity index (χ3v) is 4.73. The van der Waals surface area contributed by atoms with Crippen LogP contribution in [0, 0.1) is 12.8 Å². The van der Waals surface area contributed by atoms with Gasteiger partial charge in [0.05, 0.1) is 11.8 Å². The van der Waals surface area contributed by atoms with Crippen molar-refractivity contribution in [2.45, 2.75) is 64.1 Å². The largest absolute Gasteiger partial charge is 0.393 e. The molecule has 1 N–H and O–H groups in total. The highest BCUT2D eigenvalue weighted by Crippen LogP contribution is 2.35. The summed E-state index contributed by atoms with van der Waals surface area (Å²) in [6.45, 7) is 3.93. The Labute approximate surface area is 114 Å². The van der Waals surface area contributed by atoms with E-state index in [2.05, 4.69) is 10.1 Å². The normalized spacial score (nSPS) is 32.8. The highest BCUT2D eigenvalue weighted by Gasteiger charge is 2.37. The number of piperidine rings is 1. The molecule has 1 aromatic rings. The average Bonchev–Trinajstić information content (AvgIpc) is 2.99. The summed E-state index contributed by atoms with van der Waals surface area (Å²) < 4.78 is 5.16. The van der Waals surface area contributed by atoms with E-state index in [1.54, 1.807) is 0 Å². The van der Waals surface area contributed by atoms with Gasteiger partial charge in [-0.2, -0.15) is 0 Å². The Hall–Kier alpha value is -0.870. The van der Waals surface area contributed by atoms with Crippen LogP contribution < -0.4 is 0 Å². The van der Waals surface area contributed by atoms with Crippen molar-refractivity contribution in [3.63, 3.8) is 0 Å². The van der Waals surface area contributed by atoms with Crippen LogP contribution in [0.5, 0.6) is 0 Å². The van der Waals surface area contributed by atoms with E-state index in [4.69, 9.17) is 4.52 Å². The first-order valence-electron chi connectivity index (χ1n) is 7.58. The molecule has 0 spiro atoms. The quantitative estimate of drug-likeness (QED) is 0.911. The Morgan fingerprint density at radius 2 is 2.21 bits per heavy atom. The van der Waals surface area contributed by atoms with Crippen molar-refractivity contribution in [2.24, 2.45) is 5.92 Å². The highest BCUT2D eigenvalue weighted by atomic mass is 16.5. The summed E-state index contributed by atoms with van der Waals surface area (Å²) in [7, 11) is 0. The Morgan fingerprint density at radius 1 is 1.32 bits per heavy atom. The molecule has 106 valence electrons. The van der Waals surface area contributed by atoms with E-state index in [0.29, 0.717) is 12.0 Å². The van der Waals surface area contributed by atoms with Crippen molar-refractivity contribution in [1.82, 2.24) is 10.1 Å². The number of aromatic nitrogens is 1. The van der Waals surface area contributed by atoms with E-state index in [0.717, 1.165) is 31.0 Å². The first-order chi connectivity index (χ1) is 9.24. The monoisotopic (exact) mass is 264 g/mol. The van der Waals surface area contributed by atoms with Gasteiger partial charge in [-0.05, 0) is 39.2 Å². The molecule has 3 atom stereocenters. The number of likely N-dealkylation sites (tertiary alicyclic amines) is 1. The van der Waals surface area contributed by atoms with Crippen molar-refractivity contribution in [2.75, 3.05) is 6.54 Å². The molecule has 0 bridgehead atoms. The van der Waals surface area contributed by atoms with E-state index in [-0.39, 0.29) is 6.10 Å². The summed E-state index contributed by atoms with van der Waals surface area (Å²) in [6, 6.07) is 2.56. The lowest BCUT2D eigenvalue weighted by Gasteiger charge is -2.40. The van der Waals surface area contributed by atoms with Gasteiger partial charge < -0.3 is 9.63 Å². The summed E-state index contributed by atoms with van der Waals surface area (Å²) in [5.41, 5.74) is 1.02. The molecule has 1 aromatic heterocycles. The van der Waals surface area contributed by atoms with Crippen molar-refractivity contribution in [3.05, 3.63) is 17.5 Å². The fraction of sp³-hybridized carbons (Fsp3) is 0.800. The van der Waals surface area contributed by atoms with Gasteiger partial charge in [0.1, 0.15) is 5.76 Å². The molecule has 4 nitrogen and oxygen atoms in total. The number of hydrogen-bond donors (Lipinski definition) is 1. The number of rotatable bonds is 3. The summed E-state index contributed by atoms with van der Waals surface area (Å²) in [5, 5.41) is 14.3. The minimum Gasteiger partial charge on any atom is -0.393 e. The lowest BCUT2D eigenvalue weighted by atomic mass is 9.87. The zero-order valence-electron chi connectivity index (χ0n) is 11.7. The molecule has 19 heavy (non-hydrogen) atoms. The van der Waals surface area contributed by atoms with Crippen molar-refractivity contribution >= 4 is 0 Å². The first-order valence-corrected chi connectivity index (χ1v) is 7.58. The van der Waals surface area contributed by atoms with E-state index in [1.165, 1.54) is 32.1 Å². The molecule has 2 aliphatic rings. The van der Waals surface area contributed by atoms with Gasteiger partial charge in [-0.1, -0.05) is 18.0 Å². The number of nitrogens with zero attached hydrogens (tertiary/aromatic N) is 2. The van der Waals surface area contributed by atoms with Gasteiger partial charge in [-0.15, -0.1) is 0 Å². The second-order valence-electron chi connectivity index (χ2n) is 6.12. The van der Waals surface area contributed by atoms with Crippen LogP contribution in [0.1, 0.15) is 50.0 Å². The van der Waals surface area contributed by atoms with Crippen LogP contribution in [0.4, 0.5) is 0 Å². The highest BCUT2D eigenvalue weighted by molar-refractivity contribution is 5.04. The molecule has 0 amide bonds. The topological polar surface area (TPSA) is 49.5 Å². The van der Waals surface area contributed by atoms with Crippen molar-refractivity contribution < 1.29 is 9.63 Å². The van der Waals surface area contributed by atoms with Gasteiger partial charge in [0.2, 0.25) is 0 Å². The maximum atomic E-state index is 10.2. The predicted molar refractivity (Wildman–Crippen MR) is 72.6 cm³/mol. The second kappa shape index (κ2) is 5.63. The van der Waals surface area contributed by atoms with Crippen LogP contribution >= 0.6 is 0 Å². The van der Waals surface area contributed by atoms with Crippen LogP contribution in [0.25, 0.3) is 0 Å². The molecule has 1 aliphatic carbocycles. The van der Waals surface area contributed by atoms with E-state index < -0.39 is 0 Å². The zero-order valence-corrected chi connectivity index (χ0v) is 11.7. The van der Waals surface area contributed by atoms with Crippen molar-refractivity contribution in [3.8, 4) is 0 Å². The maximum absolute atomic E-state index is 10.2. The molecule has 2 heterocycles. The molecule has 1 saturated carbocycles. The molecule has 1 saturated heterocycles. The first kappa shape index (κ1) is 13.1. The van der Waals surface area contributed by atoms with E-state index in [1.807, 2.05) is 13.0 Å². The smallest absolute Gasteiger partial charge is 0.133 e. The number of aliphatic hydroxyl groups is 1. The van der Waals surface area contributed by atoms with Gasteiger partial charge in [0.25, 0.3) is 0 Å². The maximum Gasteiger partial charge on any atom is 0.133 e. The van der Waals surface area contributed by atoms with Gasteiger partial charge in [0, 0.05) is 24.6 Å². The third-order valence-electron chi connectivity index (χ3n) is 4.73. The second-order valence-corrected chi connectivity index (χ2v) is 6.12. The predicted octanol–water partition coefficient (Wildman–Crippen LogP) is 2.50. The molecular formula is C15H24N2O2. The van der Waals surface area contributed by atoms with Gasteiger partial charge in [0.15, 0.2) is 0 Å². The molecule has 3 unspecified atom stereocenters. The molecule has 0 radical (unpaired) electrons. The van der Waals surface area contributed by atoms with Gasteiger partial charge >= 0.3 is 0 Å². The van der Waals surface area contributed by atoms with Crippen molar-refractivity contribution in [1.29, 1.82) is 0 Å². The summed E-state index contributed by atoms with van der Waals surface area (Å²) in [4.78, 5) is 2.51. The number of aliphatic hydroxyl groups excluding tert-OH is 1. The fourth-order valence-corrected chi connectivity index (χ4v) is 3.82. The summed E-state index contributed by atoms with van der Waals surface area (Å²) in [5.74, 6) is 1.35. The lowest BCUT2D eigenvalue weighted by Crippen LogP contribution is -2.45. The zero-order chi connectivity index (χ0) is 13.2. The Bertz CT molecular complexity index is 418. The van der Waals surface area contributed by atoms with E-state index >= 15 is 0 Å². The average molecular weight is 264 g/mol. The van der Waals surface area contributed by atoms with Crippen LogP contribution in [0.3, 0.4) is 0 Å². The summed E-state index contributed by atoms with van der Waals surface area (Å²) in [6.07, 6.45) is 7.03. The van der Waals surface area contributed by atoms with Crippen LogP contribution in [-0.4, -0.2) is 33.9 Å². The molecule has 4 heteroatoms. The molecular weight excluding hydrogens is 240 g/mol. The van der Waals surface area contributed by atoms with E-state index in [9.17, 15) is 5.11 Å². The minimum absolute atomic E-state index is 0.0929. The number of hydrogen-bond acceptors (Lipinski definition) is 4. The van der Waals surface area contributed by atoms with Gasteiger partial charge in [-0.25, -0.2) is 0 Å². The van der Waals surface area contributed by atoms with Crippen LogP contribution in [-0.2, 0) is 6.54 Å². The lowest BCUT2D eigenvalue weighted by molar-refractivity contribution is 0.0302. The molecule has 1 aliphatic heterocycles. The number of aryl methyl sites for hydroxylation is 1. The van der Waals surface area contributed by atoms with Gasteiger partial charge in [-0.3, -0.25) is 4.90 Å². The molecule has 0 aromatic carbocycles. The molecule has 2 fully saturated rings. The Morgan fingerprint density at radius 3 is 2.89 bits per heavy atom. The third kappa shape index (κ3) is 2.84. The SMILES string of the molecule is Cc1cc(CN2CCCCC2C2CCCC2O)no1. The Kier molecular flexibility index (Phi) is 3.89. The summed E-state index contributed by atoms with van der Waals surface area (Å²) >= 11 is 0. The van der Waals surface area contributed by atoms with Crippen LogP contribution in [0.15, 0.2) is 10.6 Å². The standard InChI is InChI=1S/C15H24N2O2/c1-11-9-12(16-19-11)10-17-8-3-2-6-14(17)13-5-4-7-15(13)18/h9,13-15,18H,2-8,10H2,1H3. The fourth-order valence-electron chi connectivity index (χ4n) is 3.82. The van der Waals surface area contributed by atoms with Crippen LogP contribution in [0.2, 0.25) is 0 Å². The Balaban J connectivity index is 1.70. The molecule has 3 rings (SSSR count). The minimum atomic E-state index is -0.0929.